The Kier molecular flexibility index (Phi) is 4.58. The van der Waals surface area contributed by atoms with Crippen LogP contribution in [0.4, 0.5) is 11.4 Å². The minimum absolute atomic E-state index is 0.523. The summed E-state index contributed by atoms with van der Waals surface area (Å²) in [5.41, 5.74) is 1.65. The first-order valence-electron chi connectivity index (χ1n) is 7.18. The highest BCUT2D eigenvalue weighted by Crippen LogP contribution is 2.31. The quantitative estimate of drug-likeness (QED) is 0.896. The van der Waals surface area contributed by atoms with E-state index in [9.17, 15) is 8.42 Å². The fourth-order valence-electron chi connectivity index (χ4n) is 2.76. The lowest BCUT2D eigenvalue weighted by molar-refractivity contribution is 0.261. The van der Waals surface area contributed by atoms with Crippen LogP contribution in [0.5, 0.6) is 0 Å². The molecule has 0 heterocycles. The van der Waals surface area contributed by atoms with E-state index in [-0.39, 0.29) is 0 Å². The monoisotopic (exact) mass is 296 g/mol. The molecule has 112 valence electrons. The minimum Gasteiger partial charge on any atom is -0.382 e. The van der Waals surface area contributed by atoms with Crippen LogP contribution in [0.2, 0.25) is 0 Å². The van der Waals surface area contributed by atoms with Crippen LogP contribution in [0.25, 0.3) is 0 Å². The number of anilines is 2. The van der Waals surface area contributed by atoms with Crippen molar-refractivity contribution < 1.29 is 8.42 Å². The van der Waals surface area contributed by atoms with Crippen LogP contribution < -0.4 is 10.0 Å². The second-order valence-electron chi connectivity index (χ2n) is 6.06. The number of hydrogen-bond acceptors (Lipinski definition) is 3. The average molecular weight is 296 g/mol. The molecule has 0 aliphatic heterocycles. The molecule has 1 aromatic carbocycles. The van der Waals surface area contributed by atoms with E-state index in [0.717, 1.165) is 23.8 Å². The molecule has 3 atom stereocenters. The molecule has 1 aliphatic rings. The highest BCUT2D eigenvalue weighted by molar-refractivity contribution is 7.92. The zero-order valence-corrected chi connectivity index (χ0v) is 13.2. The van der Waals surface area contributed by atoms with Gasteiger partial charge in [-0.1, -0.05) is 13.8 Å². The van der Waals surface area contributed by atoms with Crippen molar-refractivity contribution in [1.82, 2.24) is 0 Å². The Labute approximate surface area is 122 Å². The minimum atomic E-state index is -3.20. The van der Waals surface area contributed by atoms with Crippen molar-refractivity contribution in [2.45, 2.75) is 39.2 Å². The van der Waals surface area contributed by atoms with Gasteiger partial charge in [0.15, 0.2) is 0 Å². The summed E-state index contributed by atoms with van der Waals surface area (Å²) in [6, 6.07) is 7.96. The molecule has 0 spiro atoms. The van der Waals surface area contributed by atoms with Gasteiger partial charge in [-0.2, -0.15) is 0 Å². The molecule has 1 saturated carbocycles. The van der Waals surface area contributed by atoms with Gasteiger partial charge in [0.1, 0.15) is 0 Å². The fourth-order valence-corrected chi connectivity index (χ4v) is 3.33. The lowest BCUT2D eigenvalue weighted by atomic mass is 9.79. The molecule has 4 nitrogen and oxygen atoms in total. The third kappa shape index (κ3) is 4.40. The largest absolute Gasteiger partial charge is 0.382 e. The van der Waals surface area contributed by atoms with Crippen molar-refractivity contribution >= 4 is 21.4 Å². The molecular formula is C15H24N2O2S. The van der Waals surface area contributed by atoms with Gasteiger partial charge in [0.2, 0.25) is 10.0 Å². The van der Waals surface area contributed by atoms with Gasteiger partial charge >= 0.3 is 0 Å². The Hall–Kier alpha value is -1.23. The van der Waals surface area contributed by atoms with Crippen molar-refractivity contribution in [2.24, 2.45) is 11.8 Å². The van der Waals surface area contributed by atoms with Gasteiger partial charge in [0.25, 0.3) is 0 Å². The lowest BCUT2D eigenvalue weighted by Gasteiger charge is -2.33. The molecule has 1 aromatic rings. The van der Waals surface area contributed by atoms with Crippen molar-refractivity contribution in [3.05, 3.63) is 24.3 Å². The second kappa shape index (κ2) is 6.04. The predicted octanol–water partition coefficient (Wildman–Crippen LogP) is 3.29. The van der Waals surface area contributed by atoms with Crippen LogP contribution in [-0.2, 0) is 10.0 Å². The Bertz CT molecular complexity index is 539. The zero-order valence-electron chi connectivity index (χ0n) is 12.4. The molecule has 0 radical (unpaired) electrons. The van der Waals surface area contributed by atoms with Gasteiger partial charge in [0, 0.05) is 17.4 Å². The van der Waals surface area contributed by atoms with E-state index in [0.29, 0.717) is 11.7 Å². The summed E-state index contributed by atoms with van der Waals surface area (Å²) in [5, 5.41) is 3.54. The van der Waals surface area contributed by atoms with Crippen molar-refractivity contribution in [2.75, 3.05) is 16.3 Å². The SMILES string of the molecule is CC1CCC(Nc2ccc(NS(C)(=O)=O)cc2)CC1C. The summed E-state index contributed by atoms with van der Waals surface area (Å²) in [5.74, 6) is 1.57. The first-order valence-corrected chi connectivity index (χ1v) is 9.07. The number of rotatable bonds is 4. The molecular weight excluding hydrogens is 272 g/mol. The molecule has 0 aromatic heterocycles. The van der Waals surface area contributed by atoms with Crippen LogP contribution in [-0.4, -0.2) is 20.7 Å². The maximum Gasteiger partial charge on any atom is 0.229 e. The van der Waals surface area contributed by atoms with Crippen LogP contribution in [0.3, 0.4) is 0 Å². The molecule has 0 saturated heterocycles. The molecule has 0 amide bonds. The first-order chi connectivity index (χ1) is 9.33. The molecule has 1 aliphatic carbocycles. The maximum atomic E-state index is 11.1. The van der Waals surface area contributed by atoms with Gasteiger partial charge in [-0.3, -0.25) is 4.72 Å². The van der Waals surface area contributed by atoms with Gasteiger partial charge in [0.05, 0.1) is 6.26 Å². The topological polar surface area (TPSA) is 58.2 Å². The summed E-state index contributed by atoms with van der Waals surface area (Å²) >= 11 is 0. The highest BCUT2D eigenvalue weighted by Gasteiger charge is 2.24. The Balaban J connectivity index is 1.94. The van der Waals surface area contributed by atoms with E-state index in [1.54, 1.807) is 12.1 Å². The van der Waals surface area contributed by atoms with E-state index < -0.39 is 10.0 Å². The Morgan fingerprint density at radius 1 is 1.00 bits per heavy atom. The summed E-state index contributed by atoms with van der Waals surface area (Å²) in [6.45, 7) is 4.64. The van der Waals surface area contributed by atoms with Crippen LogP contribution in [0.15, 0.2) is 24.3 Å². The van der Waals surface area contributed by atoms with Gasteiger partial charge in [-0.25, -0.2) is 8.42 Å². The standard InChI is InChI=1S/C15H24N2O2S/c1-11-4-5-15(10-12(11)2)16-13-6-8-14(9-7-13)17-20(3,18)19/h6-9,11-12,15-17H,4-5,10H2,1-3H3. The van der Waals surface area contributed by atoms with E-state index >= 15 is 0 Å². The van der Waals surface area contributed by atoms with E-state index in [1.165, 1.54) is 19.3 Å². The van der Waals surface area contributed by atoms with E-state index in [1.807, 2.05) is 12.1 Å². The average Bonchev–Trinajstić information content (AvgIpc) is 2.35. The van der Waals surface area contributed by atoms with Crippen molar-refractivity contribution in [3.63, 3.8) is 0 Å². The van der Waals surface area contributed by atoms with Crippen molar-refractivity contribution in [3.8, 4) is 0 Å². The molecule has 1 fully saturated rings. The third-order valence-electron chi connectivity index (χ3n) is 4.16. The number of hydrogen-bond donors (Lipinski definition) is 2. The van der Waals surface area contributed by atoms with Gasteiger partial charge in [-0.15, -0.1) is 0 Å². The molecule has 3 unspecified atom stereocenters. The predicted molar refractivity (Wildman–Crippen MR) is 84.5 cm³/mol. The lowest BCUT2D eigenvalue weighted by Crippen LogP contribution is -2.30. The highest BCUT2D eigenvalue weighted by atomic mass is 32.2. The molecule has 2 rings (SSSR count). The summed E-state index contributed by atoms with van der Waals surface area (Å²) in [7, 11) is -3.20. The fraction of sp³-hybridized carbons (Fsp3) is 0.600. The van der Waals surface area contributed by atoms with E-state index in [2.05, 4.69) is 23.9 Å². The maximum absolute atomic E-state index is 11.1. The Morgan fingerprint density at radius 2 is 1.60 bits per heavy atom. The summed E-state index contributed by atoms with van der Waals surface area (Å²) < 4.78 is 24.8. The van der Waals surface area contributed by atoms with Crippen LogP contribution >= 0.6 is 0 Å². The number of benzene rings is 1. The van der Waals surface area contributed by atoms with Crippen LogP contribution in [0.1, 0.15) is 33.1 Å². The van der Waals surface area contributed by atoms with Crippen molar-refractivity contribution in [1.29, 1.82) is 0 Å². The third-order valence-corrected chi connectivity index (χ3v) is 4.76. The van der Waals surface area contributed by atoms with Gasteiger partial charge < -0.3 is 5.32 Å². The van der Waals surface area contributed by atoms with Gasteiger partial charge in [-0.05, 0) is 55.4 Å². The molecule has 0 bridgehead atoms. The summed E-state index contributed by atoms with van der Waals surface area (Å²) in [4.78, 5) is 0. The Morgan fingerprint density at radius 3 is 2.15 bits per heavy atom. The van der Waals surface area contributed by atoms with E-state index in [4.69, 9.17) is 0 Å². The molecule has 5 heteroatoms. The zero-order chi connectivity index (χ0) is 14.8. The molecule has 20 heavy (non-hydrogen) atoms. The van der Waals surface area contributed by atoms with Crippen LogP contribution in [0, 0.1) is 11.8 Å². The summed E-state index contributed by atoms with van der Waals surface area (Å²) in [6.07, 6.45) is 4.83. The second-order valence-corrected chi connectivity index (χ2v) is 7.81. The molecule has 2 N–H and O–H groups in total. The first kappa shape index (κ1) is 15.2. The number of nitrogens with one attached hydrogen (secondary N) is 2. The normalized spacial score (nSPS) is 27.1. The smallest absolute Gasteiger partial charge is 0.229 e. The number of sulfonamides is 1.